The van der Waals surface area contributed by atoms with Crippen molar-refractivity contribution < 1.29 is 27.4 Å². The zero-order valence-corrected chi connectivity index (χ0v) is 16.9. The van der Waals surface area contributed by atoms with E-state index in [9.17, 15) is 18.0 Å². The Hall–Kier alpha value is -2.51. The Morgan fingerprint density at radius 3 is 2.53 bits per heavy atom. The Kier molecular flexibility index (Phi) is 5.51. The van der Waals surface area contributed by atoms with E-state index in [1.807, 2.05) is 6.07 Å². The van der Waals surface area contributed by atoms with E-state index in [2.05, 4.69) is 4.90 Å². The van der Waals surface area contributed by atoms with Gasteiger partial charge in [-0.3, -0.25) is 4.79 Å². The summed E-state index contributed by atoms with van der Waals surface area (Å²) in [5.41, 5.74) is 2.38. The highest BCUT2D eigenvalue weighted by Crippen LogP contribution is 2.39. The van der Waals surface area contributed by atoms with Crippen molar-refractivity contribution in [3.05, 3.63) is 63.2 Å². The van der Waals surface area contributed by atoms with Crippen LogP contribution in [0.15, 0.2) is 35.9 Å². The molecule has 1 aliphatic carbocycles. The highest BCUT2D eigenvalue weighted by molar-refractivity contribution is 6.31. The normalized spacial score (nSPS) is 18.1. The van der Waals surface area contributed by atoms with Gasteiger partial charge < -0.3 is 14.4 Å². The van der Waals surface area contributed by atoms with Crippen molar-refractivity contribution in [1.82, 2.24) is 0 Å². The second-order valence-corrected chi connectivity index (χ2v) is 7.60. The summed E-state index contributed by atoms with van der Waals surface area (Å²) in [6.45, 7) is 2.71. The molecule has 1 heterocycles. The minimum absolute atomic E-state index is 0.159. The van der Waals surface area contributed by atoms with Crippen molar-refractivity contribution in [2.75, 3.05) is 38.3 Å². The second kappa shape index (κ2) is 7.96. The lowest BCUT2D eigenvalue weighted by Gasteiger charge is -2.30. The predicted molar refractivity (Wildman–Crippen MR) is 108 cm³/mol. The van der Waals surface area contributed by atoms with E-state index in [0.29, 0.717) is 42.1 Å². The SMILES string of the molecule is COc1cc2c(cc1N1CCOCC1)CC(=Cc1ccc(C(F)(F)F)c(Cl)c1)C2=O. The predicted octanol–water partition coefficient (Wildman–Crippen LogP) is 5.03. The molecule has 8 heteroatoms. The minimum atomic E-state index is -4.52. The van der Waals surface area contributed by atoms with Crippen LogP contribution in [-0.4, -0.2) is 39.2 Å². The smallest absolute Gasteiger partial charge is 0.417 e. The van der Waals surface area contributed by atoms with Crippen molar-refractivity contribution in [2.45, 2.75) is 12.6 Å². The molecule has 2 aromatic rings. The second-order valence-electron chi connectivity index (χ2n) is 7.19. The number of hydrogen-bond donors (Lipinski definition) is 0. The van der Waals surface area contributed by atoms with Crippen LogP contribution in [0, 0.1) is 0 Å². The highest BCUT2D eigenvalue weighted by Gasteiger charge is 2.33. The van der Waals surface area contributed by atoms with Crippen molar-refractivity contribution in [3.63, 3.8) is 0 Å². The molecule has 0 radical (unpaired) electrons. The molecule has 30 heavy (non-hydrogen) atoms. The van der Waals surface area contributed by atoms with Gasteiger partial charge >= 0.3 is 6.18 Å². The number of hydrogen-bond acceptors (Lipinski definition) is 4. The van der Waals surface area contributed by atoms with E-state index in [1.165, 1.54) is 12.1 Å². The average Bonchev–Trinajstić information content (AvgIpc) is 3.01. The molecule has 0 bridgehead atoms. The van der Waals surface area contributed by atoms with Gasteiger partial charge in [0.05, 0.1) is 36.6 Å². The third-order valence-electron chi connectivity index (χ3n) is 5.31. The van der Waals surface area contributed by atoms with Crippen molar-refractivity contribution in [1.29, 1.82) is 0 Å². The Balaban J connectivity index is 1.65. The van der Waals surface area contributed by atoms with E-state index in [4.69, 9.17) is 21.1 Å². The molecular formula is C22H19ClF3NO3. The lowest BCUT2D eigenvalue weighted by molar-refractivity contribution is -0.137. The van der Waals surface area contributed by atoms with Crippen LogP contribution < -0.4 is 9.64 Å². The van der Waals surface area contributed by atoms with E-state index in [0.717, 1.165) is 30.4 Å². The van der Waals surface area contributed by atoms with Crippen LogP contribution in [0.3, 0.4) is 0 Å². The molecule has 0 saturated carbocycles. The number of alkyl halides is 3. The number of methoxy groups -OCH3 is 1. The van der Waals surface area contributed by atoms with Crippen LogP contribution in [-0.2, 0) is 17.3 Å². The summed E-state index contributed by atoms with van der Waals surface area (Å²) in [7, 11) is 1.56. The molecule has 4 nitrogen and oxygen atoms in total. The van der Waals surface area contributed by atoms with Gasteiger partial charge in [-0.25, -0.2) is 0 Å². The maximum absolute atomic E-state index is 12.9. The minimum Gasteiger partial charge on any atom is -0.495 e. The Labute approximate surface area is 176 Å². The zero-order valence-electron chi connectivity index (χ0n) is 16.2. The molecule has 1 fully saturated rings. The summed E-state index contributed by atoms with van der Waals surface area (Å²) >= 11 is 5.80. The molecule has 0 amide bonds. The molecule has 4 rings (SSSR count). The van der Waals surface area contributed by atoms with Gasteiger partial charge in [0.1, 0.15) is 5.75 Å². The summed E-state index contributed by atoms with van der Waals surface area (Å²) in [6.07, 6.45) is -2.53. The van der Waals surface area contributed by atoms with Crippen molar-refractivity contribution in [2.24, 2.45) is 0 Å². The van der Waals surface area contributed by atoms with Crippen molar-refractivity contribution in [3.8, 4) is 5.75 Å². The lowest BCUT2D eigenvalue weighted by Crippen LogP contribution is -2.36. The molecule has 2 aliphatic rings. The lowest BCUT2D eigenvalue weighted by atomic mass is 10.1. The third-order valence-corrected chi connectivity index (χ3v) is 5.63. The summed E-state index contributed by atoms with van der Waals surface area (Å²) in [5.74, 6) is 0.454. The quantitative estimate of drug-likeness (QED) is 0.632. The van der Waals surface area contributed by atoms with Gasteiger partial charge in [0, 0.05) is 30.6 Å². The Morgan fingerprint density at radius 2 is 1.90 bits per heavy atom. The number of morpholine rings is 1. The fraction of sp³-hybridized carbons (Fsp3) is 0.318. The molecule has 158 valence electrons. The fourth-order valence-corrected chi connectivity index (χ4v) is 4.11. The number of benzene rings is 2. The average molecular weight is 438 g/mol. The standard InChI is InChI=1S/C22H19ClF3NO3/c1-29-20-12-16-14(11-19(20)27-4-6-30-7-5-27)10-15(21(16)28)8-13-2-3-17(18(23)9-13)22(24,25)26/h2-3,8-9,11-12H,4-7,10H2,1H3. The number of carbonyl (C=O) groups is 1. The number of ketones is 1. The number of carbonyl (C=O) groups excluding carboxylic acids is 1. The Bertz CT molecular complexity index is 1030. The van der Waals surface area contributed by atoms with Gasteiger partial charge in [-0.05, 0) is 41.5 Å². The van der Waals surface area contributed by atoms with Gasteiger partial charge in [-0.15, -0.1) is 0 Å². The maximum Gasteiger partial charge on any atom is 0.417 e. The first-order valence-corrected chi connectivity index (χ1v) is 9.81. The molecule has 0 atom stereocenters. The summed E-state index contributed by atoms with van der Waals surface area (Å²) < 4.78 is 49.6. The van der Waals surface area contributed by atoms with E-state index in [1.54, 1.807) is 19.3 Å². The van der Waals surface area contributed by atoms with Crippen LogP contribution in [0.1, 0.15) is 27.0 Å². The zero-order chi connectivity index (χ0) is 21.5. The molecular weight excluding hydrogens is 419 g/mol. The summed E-state index contributed by atoms with van der Waals surface area (Å²) in [6, 6.07) is 7.17. The molecule has 2 aromatic carbocycles. The first kappa shape index (κ1) is 20.8. The van der Waals surface area contributed by atoms with Gasteiger partial charge in [-0.1, -0.05) is 17.7 Å². The molecule has 1 saturated heterocycles. The van der Waals surface area contributed by atoms with Crippen LogP contribution in [0.5, 0.6) is 5.75 Å². The molecule has 0 aromatic heterocycles. The van der Waals surface area contributed by atoms with Crippen LogP contribution in [0.2, 0.25) is 5.02 Å². The molecule has 1 aliphatic heterocycles. The number of nitrogens with zero attached hydrogens (tertiary/aromatic N) is 1. The number of halogens is 4. The first-order chi connectivity index (χ1) is 14.3. The summed E-state index contributed by atoms with van der Waals surface area (Å²) in [5, 5.41) is -0.393. The van der Waals surface area contributed by atoms with Crippen LogP contribution in [0.25, 0.3) is 6.08 Å². The number of Topliss-reactive ketones (excluding diaryl/α,β-unsaturated/α-hetero) is 1. The maximum atomic E-state index is 12.9. The highest BCUT2D eigenvalue weighted by atomic mass is 35.5. The van der Waals surface area contributed by atoms with Crippen LogP contribution >= 0.6 is 11.6 Å². The van der Waals surface area contributed by atoms with E-state index >= 15 is 0 Å². The monoisotopic (exact) mass is 437 g/mol. The van der Waals surface area contributed by atoms with E-state index in [-0.39, 0.29) is 5.78 Å². The summed E-state index contributed by atoms with van der Waals surface area (Å²) in [4.78, 5) is 15.1. The van der Waals surface area contributed by atoms with Crippen molar-refractivity contribution >= 4 is 29.1 Å². The molecule has 0 N–H and O–H groups in total. The topological polar surface area (TPSA) is 38.8 Å². The Morgan fingerprint density at radius 1 is 1.17 bits per heavy atom. The van der Waals surface area contributed by atoms with Gasteiger partial charge in [0.15, 0.2) is 5.78 Å². The largest absolute Gasteiger partial charge is 0.495 e. The number of fused-ring (bicyclic) bond motifs is 1. The van der Waals surface area contributed by atoms with Gasteiger partial charge in [0.2, 0.25) is 0 Å². The number of ether oxygens (including phenoxy) is 2. The number of anilines is 1. The third kappa shape index (κ3) is 3.91. The van der Waals surface area contributed by atoms with E-state index < -0.39 is 16.8 Å². The van der Waals surface area contributed by atoms with Gasteiger partial charge in [-0.2, -0.15) is 13.2 Å². The fourth-order valence-electron chi connectivity index (χ4n) is 3.81. The van der Waals surface area contributed by atoms with Crippen LogP contribution in [0.4, 0.5) is 18.9 Å². The molecule has 0 spiro atoms. The first-order valence-electron chi connectivity index (χ1n) is 9.43. The number of allylic oxidation sites excluding steroid dienone is 1. The molecule has 0 unspecified atom stereocenters. The number of rotatable bonds is 3. The van der Waals surface area contributed by atoms with Gasteiger partial charge in [0.25, 0.3) is 0 Å².